The zero-order valence-corrected chi connectivity index (χ0v) is 14.1. The van der Waals surface area contributed by atoms with Crippen molar-refractivity contribution in [1.29, 1.82) is 0 Å². The van der Waals surface area contributed by atoms with Gasteiger partial charge in [0.25, 0.3) is 0 Å². The molecular formula is C18H17N3O2S. The summed E-state index contributed by atoms with van der Waals surface area (Å²) in [6.07, 6.45) is 1.39. The lowest BCUT2D eigenvalue weighted by molar-refractivity contribution is -0.117. The Kier molecular flexibility index (Phi) is 3.90. The van der Waals surface area contributed by atoms with Crippen molar-refractivity contribution in [2.45, 2.75) is 25.7 Å². The van der Waals surface area contributed by atoms with E-state index in [1.165, 1.54) is 5.56 Å². The summed E-state index contributed by atoms with van der Waals surface area (Å²) in [7, 11) is 0. The van der Waals surface area contributed by atoms with Gasteiger partial charge in [-0.25, -0.2) is 0 Å². The maximum Gasteiger partial charge on any atom is 0.232 e. The third kappa shape index (κ3) is 2.73. The van der Waals surface area contributed by atoms with Gasteiger partial charge in [0.15, 0.2) is 0 Å². The van der Waals surface area contributed by atoms with Crippen molar-refractivity contribution in [3.8, 4) is 10.7 Å². The SMILES string of the molecule is CCc1ccc(N2C[C@H](c3nc(-c4cccs4)no3)CC2=O)cc1. The number of carbonyl (C=O) groups excluding carboxylic acids is 1. The van der Waals surface area contributed by atoms with Gasteiger partial charge in [-0.1, -0.05) is 30.3 Å². The highest BCUT2D eigenvalue weighted by Gasteiger charge is 2.35. The molecule has 1 atom stereocenters. The molecule has 1 aliphatic rings. The Morgan fingerprint density at radius 3 is 2.83 bits per heavy atom. The Labute approximate surface area is 143 Å². The van der Waals surface area contributed by atoms with E-state index in [0.29, 0.717) is 24.7 Å². The average Bonchev–Trinajstić information content (AvgIpc) is 3.34. The number of hydrogen-bond donors (Lipinski definition) is 0. The fourth-order valence-electron chi connectivity index (χ4n) is 2.94. The first-order valence-corrected chi connectivity index (χ1v) is 8.89. The van der Waals surface area contributed by atoms with E-state index in [2.05, 4.69) is 29.2 Å². The first-order valence-electron chi connectivity index (χ1n) is 8.01. The highest BCUT2D eigenvalue weighted by atomic mass is 32.1. The van der Waals surface area contributed by atoms with Crippen LogP contribution in [0, 0.1) is 0 Å². The summed E-state index contributed by atoms with van der Waals surface area (Å²) in [6.45, 7) is 2.70. The van der Waals surface area contributed by atoms with Crippen LogP contribution in [0.5, 0.6) is 0 Å². The predicted octanol–water partition coefficient (Wildman–Crippen LogP) is 3.88. The van der Waals surface area contributed by atoms with Crippen LogP contribution in [0.15, 0.2) is 46.3 Å². The zero-order chi connectivity index (χ0) is 16.5. The Hall–Kier alpha value is -2.47. The molecule has 3 aromatic rings. The molecule has 0 radical (unpaired) electrons. The minimum absolute atomic E-state index is 0.0513. The van der Waals surface area contributed by atoms with Crippen LogP contribution in [0.1, 0.15) is 30.7 Å². The molecular weight excluding hydrogens is 322 g/mol. The number of nitrogens with zero attached hydrogens (tertiary/aromatic N) is 3. The van der Waals surface area contributed by atoms with Crippen LogP contribution in [-0.4, -0.2) is 22.6 Å². The van der Waals surface area contributed by atoms with Gasteiger partial charge in [-0.15, -0.1) is 11.3 Å². The summed E-state index contributed by atoms with van der Waals surface area (Å²) in [4.78, 5) is 19.6. The largest absolute Gasteiger partial charge is 0.339 e. The highest BCUT2D eigenvalue weighted by molar-refractivity contribution is 7.13. The monoisotopic (exact) mass is 339 g/mol. The summed E-state index contributed by atoms with van der Waals surface area (Å²) >= 11 is 1.57. The van der Waals surface area contributed by atoms with E-state index in [9.17, 15) is 4.79 Å². The Balaban J connectivity index is 1.53. The number of hydrogen-bond acceptors (Lipinski definition) is 5. The lowest BCUT2D eigenvalue weighted by Gasteiger charge is -2.16. The third-order valence-electron chi connectivity index (χ3n) is 4.31. The van der Waals surface area contributed by atoms with Gasteiger partial charge in [-0.05, 0) is 35.6 Å². The quantitative estimate of drug-likeness (QED) is 0.724. The minimum Gasteiger partial charge on any atom is -0.339 e. The van der Waals surface area contributed by atoms with E-state index in [0.717, 1.165) is 17.0 Å². The molecule has 0 saturated carbocycles. The van der Waals surface area contributed by atoms with Crippen molar-refractivity contribution in [3.05, 3.63) is 53.2 Å². The molecule has 1 aromatic carbocycles. The van der Waals surface area contributed by atoms with Crippen LogP contribution in [0.2, 0.25) is 0 Å². The van der Waals surface area contributed by atoms with Crippen LogP contribution in [-0.2, 0) is 11.2 Å². The number of anilines is 1. The van der Waals surface area contributed by atoms with Crippen LogP contribution < -0.4 is 4.90 Å². The van der Waals surface area contributed by atoms with Gasteiger partial charge in [0.1, 0.15) is 0 Å². The second kappa shape index (κ2) is 6.20. The first kappa shape index (κ1) is 15.1. The number of aryl methyl sites for hydroxylation is 1. The molecule has 1 amide bonds. The van der Waals surface area contributed by atoms with E-state index >= 15 is 0 Å². The van der Waals surface area contributed by atoms with Crippen LogP contribution >= 0.6 is 11.3 Å². The van der Waals surface area contributed by atoms with Gasteiger partial charge >= 0.3 is 0 Å². The highest BCUT2D eigenvalue weighted by Crippen LogP contribution is 2.32. The van der Waals surface area contributed by atoms with Gasteiger partial charge < -0.3 is 9.42 Å². The smallest absolute Gasteiger partial charge is 0.232 e. The number of carbonyl (C=O) groups is 1. The van der Waals surface area contributed by atoms with Crippen molar-refractivity contribution in [2.24, 2.45) is 0 Å². The molecule has 5 nitrogen and oxygen atoms in total. The van der Waals surface area contributed by atoms with Gasteiger partial charge in [-0.3, -0.25) is 4.79 Å². The van der Waals surface area contributed by atoms with Crippen molar-refractivity contribution in [1.82, 2.24) is 10.1 Å². The summed E-state index contributed by atoms with van der Waals surface area (Å²) in [5.41, 5.74) is 2.19. The van der Waals surface area contributed by atoms with E-state index in [-0.39, 0.29) is 11.8 Å². The minimum atomic E-state index is -0.0513. The van der Waals surface area contributed by atoms with Gasteiger partial charge in [0.05, 0.1) is 10.8 Å². The number of benzene rings is 1. The molecule has 0 N–H and O–H groups in total. The maximum atomic E-state index is 12.4. The predicted molar refractivity (Wildman–Crippen MR) is 93.1 cm³/mol. The Bertz CT molecular complexity index is 840. The molecule has 2 aromatic heterocycles. The molecule has 24 heavy (non-hydrogen) atoms. The van der Waals surface area contributed by atoms with E-state index in [4.69, 9.17) is 4.52 Å². The van der Waals surface area contributed by atoms with Crippen molar-refractivity contribution in [3.63, 3.8) is 0 Å². The van der Waals surface area contributed by atoms with E-state index in [1.807, 2.05) is 29.6 Å². The van der Waals surface area contributed by atoms with E-state index < -0.39 is 0 Å². The van der Waals surface area contributed by atoms with Crippen molar-refractivity contribution in [2.75, 3.05) is 11.4 Å². The van der Waals surface area contributed by atoms with Crippen molar-refractivity contribution >= 4 is 22.9 Å². The Morgan fingerprint density at radius 2 is 2.12 bits per heavy atom. The van der Waals surface area contributed by atoms with Crippen LogP contribution in [0.25, 0.3) is 10.7 Å². The Morgan fingerprint density at radius 1 is 1.29 bits per heavy atom. The fourth-order valence-corrected chi connectivity index (χ4v) is 3.59. The van der Waals surface area contributed by atoms with Crippen LogP contribution in [0.4, 0.5) is 5.69 Å². The number of thiophene rings is 1. The van der Waals surface area contributed by atoms with Gasteiger partial charge in [0, 0.05) is 18.7 Å². The number of amides is 1. The second-order valence-corrected chi connectivity index (χ2v) is 6.81. The third-order valence-corrected chi connectivity index (χ3v) is 5.18. The summed E-state index contributed by atoms with van der Waals surface area (Å²) < 4.78 is 5.41. The van der Waals surface area contributed by atoms with Crippen LogP contribution in [0.3, 0.4) is 0 Å². The fraction of sp³-hybridized carbons (Fsp3) is 0.278. The molecule has 0 unspecified atom stereocenters. The normalized spacial score (nSPS) is 17.6. The molecule has 0 aliphatic carbocycles. The molecule has 1 fully saturated rings. The lowest BCUT2D eigenvalue weighted by atomic mass is 10.1. The molecule has 4 rings (SSSR count). The molecule has 1 aliphatic heterocycles. The summed E-state index contributed by atoms with van der Waals surface area (Å²) in [6, 6.07) is 12.1. The summed E-state index contributed by atoms with van der Waals surface area (Å²) in [5.74, 6) is 1.18. The first-order chi connectivity index (χ1) is 11.7. The summed E-state index contributed by atoms with van der Waals surface area (Å²) in [5, 5.41) is 6.02. The van der Waals surface area contributed by atoms with Gasteiger partial charge in [-0.2, -0.15) is 4.98 Å². The zero-order valence-electron chi connectivity index (χ0n) is 13.3. The molecule has 3 heterocycles. The maximum absolute atomic E-state index is 12.4. The van der Waals surface area contributed by atoms with E-state index in [1.54, 1.807) is 16.2 Å². The van der Waals surface area contributed by atoms with Crippen molar-refractivity contribution < 1.29 is 9.32 Å². The average molecular weight is 339 g/mol. The second-order valence-electron chi connectivity index (χ2n) is 5.86. The molecule has 0 spiro atoms. The number of aromatic nitrogens is 2. The molecule has 1 saturated heterocycles. The standard InChI is InChI=1S/C18H17N3O2S/c1-2-12-5-7-14(8-6-12)21-11-13(10-16(21)22)18-19-17(20-23-18)15-4-3-9-24-15/h3-9,13H,2,10-11H2,1H3/t13-/m1/s1. The lowest BCUT2D eigenvalue weighted by Crippen LogP contribution is -2.24. The van der Waals surface area contributed by atoms with Gasteiger partial charge in [0.2, 0.25) is 17.6 Å². The number of rotatable bonds is 4. The molecule has 122 valence electrons. The molecule has 0 bridgehead atoms. The topological polar surface area (TPSA) is 59.2 Å². The molecule has 6 heteroatoms.